The first-order valence-electron chi connectivity index (χ1n) is 10.5. The molecule has 0 amide bonds. The second-order valence-electron chi connectivity index (χ2n) is 7.65. The van der Waals surface area contributed by atoms with Crippen molar-refractivity contribution in [3.8, 4) is 5.69 Å². The van der Waals surface area contributed by atoms with E-state index in [-0.39, 0.29) is 18.1 Å². The molecule has 176 valence electrons. The summed E-state index contributed by atoms with van der Waals surface area (Å²) in [7, 11) is 0. The maximum absolute atomic E-state index is 13.3. The molecule has 0 saturated heterocycles. The molecule has 4 rings (SSSR count). The number of esters is 2. The van der Waals surface area contributed by atoms with Gasteiger partial charge in [-0.1, -0.05) is 0 Å². The molecule has 0 aliphatic rings. The average Bonchev–Trinajstić information content (AvgIpc) is 3.45. The number of H-pyrrole nitrogens is 1. The van der Waals surface area contributed by atoms with Gasteiger partial charge in [-0.15, -0.1) is 11.3 Å². The number of carbonyl (C=O) groups is 3. The van der Waals surface area contributed by atoms with Crippen molar-refractivity contribution in [2.75, 3.05) is 13.2 Å². The van der Waals surface area contributed by atoms with E-state index in [2.05, 4.69) is 10.1 Å². The molecule has 1 aromatic carbocycles. The summed E-state index contributed by atoms with van der Waals surface area (Å²) < 4.78 is 25.2. The first-order chi connectivity index (χ1) is 16.2. The number of aromatic nitrogens is 3. The van der Waals surface area contributed by atoms with Crippen molar-refractivity contribution in [2.24, 2.45) is 0 Å². The van der Waals surface area contributed by atoms with Crippen molar-refractivity contribution < 1.29 is 28.2 Å². The van der Waals surface area contributed by atoms with Crippen LogP contribution >= 0.6 is 11.3 Å². The van der Waals surface area contributed by atoms with Crippen molar-refractivity contribution in [2.45, 2.75) is 27.7 Å². The Kier molecular flexibility index (Phi) is 6.34. The number of thiophene rings is 1. The van der Waals surface area contributed by atoms with E-state index in [0.717, 1.165) is 5.39 Å². The third-order valence-corrected chi connectivity index (χ3v) is 6.44. The lowest BCUT2D eigenvalue weighted by Gasteiger charge is -2.04. The number of ether oxygens (including phenoxy) is 2. The molecule has 3 aromatic heterocycles. The first kappa shape index (κ1) is 23.4. The quantitative estimate of drug-likeness (QED) is 0.302. The van der Waals surface area contributed by atoms with Crippen molar-refractivity contribution >= 4 is 39.3 Å². The number of fused-ring (bicyclic) bond motifs is 1. The summed E-state index contributed by atoms with van der Waals surface area (Å²) in [6, 6.07) is 7.54. The highest BCUT2D eigenvalue weighted by Gasteiger charge is 2.24. The summed E-state index contributed by atoms with van der Waals surface area (Å²) in [5.41, 5.74) is 2.83. The van der Waals surface area contributed by atoms with E-state index >= 15 is 0 Å². The molecule has 0 atom stereocenters. The van der Waals surface area contributed by atoms with Gasteiger partial charge in [0.25, 0.3) is 0 Å². The van der Waals surface area contributed by atoms with E-state index in [1.54, 1.807) is 43.7 Å². The number of hydrogen-bond donors (Lipinski definition) is 1. The zero-order valence-corrected chi connectivity index (χ0v) is 19.8. The van der Waals surface area contributed by atoms with Gasteiger partial charge in [-0.05, 0) is 63.6 Å². The van der Waals surface area contributed by atoms with E-state index in [4.69, 9.17) is 9.47 Å². The zero-order chi connectivity index (χ0) is 24.6. The van der Waals surface area contributed by atoms with Crippen LogP contribution in [0.25, 0.3) is 15.9 Å². The number of benzene rings is 1. The number of aryl methyl sites for hydroxylation is 2. The molecule has 0 saturated carbocycles. The average molecular weight is 484 g/mol. The standard InChI is InChI=1S/C24H22FN3O5S/c1-5-32-24(31)20-12(2)21(26-14(20)4)18(29)11-33-23(30)19-10-17-13(3)27-28(22(17)34-19)16-8-6-15(25)7-9-16/h6-10,26H,5,11H2,1-4H3. The second kappa shape index (κ2) is 9.22. The molecule has 0 aliphatic heterocycles. The van der Waals surface area contributed by atoms with Crippen LogP contribution in [-0.2, 0) is 9.47 Å². The molecule has 0 radical (unpaired) electrons. The van der Waals surface area contributed by atoms with Crippen molar-refractivity contribution in [3.63, 3.8) is 0 Å². The number of aromatic amines is 1. The molecule has 0 unspecified atom stereocenters. The van der Waals surface area contributed by atoms with Crippen LogP contribution in [0.15, 0.2) is 30.3 Å². The number of rotatable bonds is 7. The van der Waals surface area contributed by atoms with Gasteiger partial charge >= 0.3 is 11.9 Å². The highest BCUT2D eigenvalue weighted by Crippen LogP contribution is 2.31. The summed E-state index contributed by atoms with van der Waals surface area (Å²) in [6.45, 7) is 6.56. The van der Waals surface area contributed by atoms with Gasteiger partial charge in [0.2, 0.25) is 5.78 Å². The fourth-order valence-corrected chi connectivity index (χ4v) is 4.79. The second-order valence-corrected chi connectivity index (χ2v) is 8.68. The minimum absolute atomic E-state index is 0.201. The Labute approximate surface area is 198 Å². The van der Waals surface area contributed by atoms with Gasteiger partial charge in [0.05, 0.1) is 29.2 Å². The highest BCUT2D eigenvalue weighted by atomic mass is 32.1. The summed E-state index contributed by atoms with van der Waals surface area (Å²) in [5.74, 6) is -1.98. The Hall–Kier alpha value is -3.79. The fraction of sp³-hybridized carbons (Fsp3) is 0.250. The van der Waals surface area contributed by atoms with Gasteiger partial charge < -0.3 is 14.5 Å². The topological polar surface area (TPSA) is 103 Å². The lowest BCUT2D eigenvalue weighted by molar-refractivity contribution is 0.0477. The number of nitrogens with zero attached hydrogens (tertiary/aromatic N) is 2. The van der Waals surface area contributed by atoms with E-state index in [1.165, 1.54) is 23.5 Å². The Morgan fingerprint density at radius 2 is 1.79 bits per heavy atom. The summed E-state index contributed by atoms with van der Waals surface area (Å²) >= 11 is 1.17. The third kappa shape index (κ3) is 4.24. The number of ketones is 1. The van der Waals surface area contributed by atoms with E-state index in [1.807, 2.05) is 6.92 Å². The van der Waals surface area contributed by atoms with Crippen molar-refractivity contribution in [1.82, 2.24) is 14.8 Å². The largest absolute Gasteiger partial charge is 0.462 e. The van der Waals surface area contributed by atoms with Crippen LogP contribution in [0.1, 0.15) is 54.4 Å². The molecule has 10 heteroatoms. The van der Waals surface area contributed by atoms with E-state index < -0.39 is 24.3 Å². The molecule has 4 aromatic rings. The minimum atomic E-state index is -0.647. The number of hydrogen-bond acceptors (Lipinski definition) is 7. The summed E-state index contributed by atoms with van der Waals surface area (Å²) in [5, 5.41) is 5.23. The Morgan fingerprint density at radius 3 is 2.47 bits per heavy atom. The zero-order valence-electron chi connectivity index (χ0n) is 19.0. The lowest BCUT2D eigenvalue weighted by atomic mass is 10.1. The maximum Gasteiger partial charge on any atom is 0.348 e. The van der Waals surface area contributed by atoms with Gasteiger partial charge in [-0.25, -0.2) is 18.7 Å². The van der Waals surface area contributed by atoms with Gasteiger partial charge in [-0.3, -0.25) is 4.79 Å². The predicted molar refractivity (Wildman–Crippen MR) is 124 cm³/mol. The van der Waals surface area contributed by atoms with Crippen molar-refractivity contribution in [3.05, 3.63) is 69.2 Å². The fourth-order valence-electron chi connectivity index (χ4n) is 3.72. The first-order valence-corrected chi connectivity index (χ1v) is 11.3. The van der Waals surface area contributed by atoms with Crippen LogP contribution in [0.4, 0.5) is 4.39 Å². The van der Waals surface area contributed by atoms with Crippen LogP contribution in [-0.4, -0.2) is 45.7 Å². The maximum atomic E-state index is 13.3. The predicted octanol–water partition coefficient (Wildman–Crippen LogP) is 4.70. The summed E-state index contributed by atoms with van der Waals surface area (Å²) in [4.78, 5) is 41.4. The van der Waals surface area contributed by atoms with Gasteiger partial charge in [-0.2, -0.15) is 5.10 Å². The van der Waals surface area contributed by atoms with Gasteiger partial charge in [0, 0.05) is 11.1 Å². The molecule has 8 nitrogen and oxygen atoms in total. The molecule has 0 fully saturated rings. The van der Waals surface area contributed by atoms with Crippen LogP contribution in [0.5, 0.6) is 0 Å². The van der Waals surface area contributed by atoms with Gasteiger partial charge in [0.1, 0.15) is 15.5 Å². The number of nitrogens with one attached hydrogen (secondary N) is 1. The molecule has 1 N–H and O–H groups in total. The molecular formula is C24H22FN3O5S. The van der Waals surface area contributed by atoms with Crippen LogP contribution in [0.3, 0.4) is 0 Å². The Morgan fingerprint density at radius 1 is 1.09 bits per heavy atom. The van der Waals surface area contributed by atoms with Gasteiger partial charge in [0.15, 0.2) is 6.61 Å². The molecule has 3 heterocycles. The molecule has 0 bridgehead atoms. The van der Waals surface area contributed by atoms with E-state index in [0.29, 0.717) is 37.9 Å². The SMILES string of the molecule is CCOC(=O)c1c(C)[nH]c(C(=O)COC(=O)c2cc3c(C)nn(-c4ccc(F)cc4)c3s2)c1C. The molecule has 0 spiro atoms. The minimum Gasteiger partial charge on any atom is -0.462 e. The summed E-state index contributed by atoms with van der Waals surface area (Å²) in [6.07, 6.45) is 0. The Bertz CT molecular complexity index is 1410. The molecular weight excluding hydrogens is 461 g/mol. The van der Waals surface area contributed by atoms with Crippen LogP contribution in [0, 0.1) is 26.6 Å². The van der Waals surface area contributed by atoms with Crippen LogP contribution in [0.2, 0.25) is 0 Å². The monoisotopic (exact) mass is 483 g/mol. The van der Waals surface area contributed by atoms with Crippen LogP contribution < -0.4 is 0 Å². The number of Topliss-reactive ketones (excluding diaryl/α,β-unsaturated/α-hetero) is 1. The highest BCUT2D eigenvalue weighted by molar-refractivity contribution is 7.20. The Balaban J connectivity index is 1.52. The third-order valence-electron chi connectivity index (χ3n) is 5.35. The lowest BCUT2D eigenvalue weighted by Crippen LogP contribution is -2.15. The van der Waals surface area contributed by atoms with Crippen molar-refractivity contribution in [1.29, 1.82) is 0 Å². The smallest absolute Gasteiger partial charge is 0.348 e. The number of carbonyl (C=O) groups excluding carboxylic acids is 3. The molecule has 0 aliphatic carbocycles. The molecule has 34 heavy (non-hydrogen) atoms. The normalized spacial score (nSPS) is 11.1. The number of halogens is 1. The van der Waals surface area contributed by atoms with E-state index in [9.17, 15) is 18.8 Å².